The summed E-state index contributed by atoms with van der Waals surface area (Å²) in [6.07, 6.45) is 1.10. The van der Waals surface area contributed by atoms with Gasteiger partial charge in [0.15, 0.2) is 0 Å². The van der Waals surface area contributed by atoms with Gasteiger partial charge in [-0.15, -0.1) is 0 Å². The monoisotopic (exact) mass is 213 g/mol. The van der Waals surface area contributed by atoms with Crippen LogP contribution in [0.5, 0.6) is 0 Å². The van der Waals surface area contributed by atoms with Crippen LogP contribution in [0.2, 0.25) is 0 Å². The second-order valence-electron chi connectivity index (χ2n) is 3.53. The highest BCUT2D eigenvalue weighted by Gasteiger charge is 2.28. The van der Waals surface area contributed by atoms with Crippen molar-refractivity contribution in [3.8, 4) is 0 Å². The van der Waals surface area contributed by atoms with Crippen molar-refractivity contribution >= 4 is 17.7 Å². The van der Waals surface area contributed by atoms with Gasteiger partial charge in [-0.2, -0.15) is 0 Å². The van der Waals surface area contributed by atoms with Gasteiger partial charge in [-0.05, 0) is 12.8 Å². The van der Waals surface area contributed by atoms with E-state index in [0.717, 1.165) is 0 Å². The van der Waals surface area contributed by atoms with Crippen molar-refractivity contribution < 1.29 is 14.4 Å². The molecular formula is C9H15N3O3. The van der Waals surface area contributed by atoms with Crippen LogP contribution >= 0.6 is 0 Å². The van der Waals surface area contributed by atoms with Crippen LogP contribution in [-0.2, 0) is 14.4 Å². The lowest BCUT2D eigenvalue weighted by molar-refractivity contribution is -0.137. The zero-order chi connectivity index (χ0) is 11.4. The minimum Gasteiger partial charge on any atom is -0.343 e. The van der Waals surface area contributed by atoms with Crippen LogP contribution in [0.4, 0.5) is 0 Å². The Bertz CT molecular complexity index is 290. The van der Waals surface area contributed by atoms with E-state index >= 15 is 0 Å². The number of rotatable bonds is 3. The van der Waals surface area contributed by atoms with Gasteiger partial charge in [-0.25, -0.2) is 0 Å². The Hall–Kier alpha value is -1.43. The summed E-state index contributed by atoms with van der Waals surface area (Å²) >= 11 is 0. The molecule has 6 nitrogen and oxygen atoms in total. The first-order chi connectivity index (χ1) is 7.04. The van der Waals surface area contributed by atoms with Crippen molar-refractivity contribution in [2.24, 2.45) is 5.73 Å². The normalized spacial score (nSPS) is 23.2. The maximum atomic E-state index is 11.4. The Morgan fingerprint density at radius 1 is 1.67 bits per heavy atom. The fraction of sp³-hybridized carbons (Fsp3) is 0.667. The number of nitrogens with two attached hydrogens (primary N) is 1. The van der Waals surface area contributed by atoms with Crippen LogP contribution in [0, 0.1) is 0 Å². The molecule has 4 N–H and O–H groups in total. The van der Waals surface area contributed by atoms with E-state index < -0.39 is 18.0 Å². The minimum absolute atomic E-state index is 0.248. The van der Waals surface area contributed by atoms with Crippen LogP contribution < -0.4 is 16.4 Å². The molecule has 84 valence electrons. The van der Waals surface area contributed by atoms with Gasteiger partial charge in [-0.3, -0.25) is 19.7 Å². The lowest BCUT2D eigenvalue weighted by Crippen LogP contribution is -2.55. The summed E-state index contributed by atoms with van der Waals surface area (Å²) in [6, 6.07) is -1.23. The van der Waals surface area contributed by atoms with Gasteiger partial charge >= 0.3 is 0 Å². The molecule has 3 amide bonds. The zero-order valence-corrected chi connectivity index (χ0v) is 8.58. The summed E-state index contributed by atoms with van der Waals surface area (Å²) in [5.74, 6) is -1.11. The highest BCUT2D eigenvalue weighted by atomic mass is 16.2. The van der Waals surface area contributed by atoms with Crippen LogP contribution in [-0.4, -0.2) is 29.8 Å². The number of piperidine rings is 1. The molecule has 2 atom stereocenters. The predicted molar refractivity (Wildman–Crippen MR) is 52.6 cm³/mol. The number of imide groups is 1. The molecule has 1 aliphatic heterocycles. The summed E-state index contributed by atoms with van der Waals surface area (Å²) in [6.45, 7) is 1.79. The van der Waals surface area contributed by atoms with Gasteiger partial charge < -0.3 is 11.1 Å². The van der Waals surface area contributed by atoms with Crippen LogP contribution in [0.1, 0.15) is 26.2 Å². The van der Waals surface area contributed by atoms with Crippen molar-refractivity contribution in [3.05, 3.63) is 0 Å². The summed E-state index contributed by atoms with van der Waals surface area (Å²) in [4.78, 5) is 33.5. The molecule has 1 unspecified atom stereocenters. The minimum atomic E-state index is -0.632. The molecule has 1 heterocycles. The number of nitrogens with one attached hydrogen (secondary N) is 2. The molecule has 0 aromatic carbocycles. The van der Waals surface area contributed by atoms with Crippen molar-refractivity contribution in [1.82, 2.24) is 10.6 Å². The number of hydrogen-bond acceptors (Lipinski definition) is 4. The molecule has 15 heavy (non-hydrogen) atoms. The van der Waals surface area contributed by atoms with Gasteiger partial charge in [-0.1, -0.05) is 6.92 Å². The molecule has 0 aromatic rings. The van der Waals surface area contributed by atoms with Gasteiger partial charge in [0, 0.05) is 6.42 Å². The van der Waals surface area contributed by atoms with E-state index in [1.165, 1.54) is 0 Å². The highest BCUT2D eigenvalue weighted by molar-refractivity contribution is 6.01. The fourth-order valence-electron chi connectivity index (χ4n) is 1.30. The number of carbonyl (C=O) groups is 3. The van der Waals surface area contributed by atoms with E-state index in [4.69, 9.17) is 5.73 Å². The van der Waals surface area contributed by atoms with E-state index in [9.17, 15) is 14.4 Å². The van der Waals surface area contributed by atoms with Crippen LogP contribution in [0.3, 0.4) is 0 Å². The third-order valence-electron chi connectivity index (χ3n) is 2.33. The van der Waals surface area contributed by atoms with E-state index in [0.29, 0.717) is 12.8 Å². The molecule has 0 bridgehead atoms. The number of hydrogen-bond donors (Lipinski definition) is 3. The Balaban J connectivity index is 2.48. The Morgan fingerprint density at radius 3 is 2.87 bits per heavy atom. The SMILES string of the molecule is CC[C@H](N)C(=O)NC1CCC(=O)NC1=O. The van der Waals surface area contributed by atoms with Gasteiger partial charge in [0.25, 0.3) is 0 Å². The molecule has 0 aromatic heterocycles. The molecule has 1 rings (SSSR count). The Labute approximate surface area is 87.6 Å². The fourth-order valence-corrected chi connectivity index (χ4v) is 1.30. The third kappa shape index (κ3) is 3.02. The van der Waals surface area contributed by atoms with E-state index in [-0.39, 0.29) is 18.2 Å². The first-order valence-corrected chi connectivity index (χ1v) is 4.94. The molecule has 0 aliphatic carbocycles. The zero-order valence-electron chi connectivity index (χ0n) is 8.58. The van der Waals surface area contributed by atoms with Crippen molar-refractivity contribution in [2.45, 2.75) is 38.3 Å². The van der Waals surface area contributed by atoms with Crippen molar-refractivity contribution in [2.75, 3.05) is 0 Å². The maximum absolute atomic E-state index is 11.4. The Morgan fingerprint density at radius 2 is 2.33 bits per heavy atom. The average molecular weight is 213 g/mol. The third-order valence-corrected chi connectivity index (χ3v) is 2.33. The second-order valence-corrected chi connectivity index (χ2v) is 3.53. The summed E-state index contributed by atoms with van der Waals surface area (Å²) in [7, 11) is 0. The molecule has 0 saturated carbocycles. The van der Waals surface area contributed by atoms with E-state index in [2.05, 4.69) is 10.6 Å². The first-order valence-electron chi connectivity index (χ1n) is 4.94. The molecule has 1 saturated heterocycles. The lowest BCUT2D eigenvalue weighted by Gasteiger charge is -2.23. The quantitative estimate of drug-likeness (QED) is 0.504. The summed E-state index contributed by atoms with van der Waals surface area (Å²) in [5, 5.41) is 4.67. The standard InChI is InChI=1S/C9H15N3O3/c1-2-5(10)8(14)11-6-3-4-7(13)12-9(6)15/h5-6H,2-4,10H2,1H3,(H,11,14)(H,12,13,15)/t5-,6?/m0/s1. The lowest BCUT2D eigenvalue weighted by atomic mass is 10.1. The number of carbonyl (C=O) groups excluding carboxylic acids is 3. The highest BCUT2D eigenvalue weighted by Crippen LogP contribution is 2.04. The molecule has 1 fully saturated rings. The number of amides is 3. The largest absolute Gasteiger partial charge is 0.343 e. The first kappa shape index (κ1) is 11.6. The molecule has 6 heteroatoms. The van der Waals surface area contributed by atoms with Crippen LogP contribution in [0.15, 0.2) is 0 Å². The molecule has 0 spiro atoms. The van der Waals surface area contributed by atoms with E-state index in [1.54, 1.807) is 6.92 Å². The maximum Gasteiger partial charge on any atom is 0.249 e. The van der Waals surface area contributed by atoms with Gasteiger partial charge in [0.1, 0.15) is 6.04 Å². The molecule has 1 aliphatic rings. The summed E-state index contributed by atoms with van der Waals surface area (Å²) in [5.41, 5.74) is 5.50. The molecular weight excluding hydrogens is 198 g/mol. The topological polar surface area (TPSA) is 101 Å². The van der Waals surface area contributed by atoms with Gasteiger partial charge in [0.2, 0.25) is 17.7 Å². The molecule has 0 radical (unpaired) electrons. The Kier molecular flexibility index (Phi) is 3.79. The van der Waals surface area contributed by atoms with Crippen molar-refractivity contribution in [3.63, 3.8) is 0 Å². The smallest absolute Gasteiger partial charge is 0.249 e. The van der Waals surface area contributed by atoms with E-state index in [1.807, 2.05) is 0 Å². The second kappa shape index (κ2) is 4.88. The van der Waals surface area contributed by atoms with Crippen molar-refractivity contribution in [1.29, 1.82) is 0 Å². The summed E-state index contributed by atoms with van der Waals surface area (Å²) < 4.78 is 0. The van der Waals surface area contributed by atoms with Crippen LogP contribution in [0.25, 0.3) is 0 Å². The average Bonchev–Trinajstić information content (AvgIpc) is 2.20. The van der Waals surface area contributed by atoms with Gasteiger partial charge in [0.05, 0.1) is 6.04 Å². The predicted octanol–water partition coefficient (Wildman–Crippen LogP) is -1.35.